The standard InChI is InChI=1S/C47H64N2O13S/c1-11-36-46(7,54)41(51)29(5)48(9)25-26(2)38-37(44(53)60-36)39(59-30(6)50)28(4)42(47(38,8)55)62-45-40(61-43(52)32-18-13-12-14-19-32)35(23-27(3)58-45)49(10)63(56,57)34-22-21-31-17-15-16-20-33(31)24-34/h12-22,24,26-29,35-42,45,51,54-55H,11,23,25H2,1-10H3/t26-,27+,28-,29+,35-,36+,37+,38?,39-,40+,41+,42+,45-,46+,47+/m0/s1. The average Bonchev–Trinajstić information content (AvgIpc) is 3.24. The van der Waals surface area contributed by atoms with Crippen LogP contribution >= 0.6 is 0 Å². The Morgan fingerprint density at radius 1 is 0.921 bits per heavy atom. The first kappa shape index (κ1) is 48.5. The second-order valence-electron chi connectivity index (χ2n) is 18.3. The highest BCUT2D eigenvalue weighted by Crippen LogP contribution is 2.50. The van der Waals surface area contributed by atoms with Crippen molar-refractivity contribution in [2.45, 2.75) is 139 Å². The third kappa shape index (κ3) is 9.55. The summed E-state index contributed by atoms with van der Waals surface area (Å²) < 4.78 is 61.8. The number of aliphatic hydroxyl groups is 3. The molecule has 3 fully saturated rings. The van der Waals surface area contributed by atoms with E-state index in [0.29, 0.717) is 0 Å². The van der Waals surface area contributed by atoms with E-state index in [9.17, 15) is 38.1 Å². The van der Waals surface area contributed by atoms with Gasteiger partial charge in [0.25, 0.3) is 0 Å². The minimum absolute atomic E-state index is 0.0267. The average molecular weight is 897 g/mol. The highest BCUT2D eigenvalue weighted by molar-refractivity contribution is 7.89. The van der Waals surface area contributed by atoms with Gasteiger partial charge >= 0.3 is 17.9 Å². The Morgan fingerprint density at radius 3 is 2.19 bits per heavy atom. The first-order valence-corrected chi connectivity index (χ1v) is 23.2. The molecule has 2 heterocycles. The molecule has 0 aromatic heterocycles. The van der Waals surface area contributed by atoms with Gasteiger partial charge in [-0.3, -0.25) is 9.59 Å². The molecule has 0 amide bonds. The highest BCUT2D eigenvalue weighted by atomic mass is 32.2. The first-order chi connectivity index (χ1) is 29.5. The van der Waals surface area contributed by atoms with Crippen LogP contribution < -0.4 is 0 Å². The predicted octanol–water partition coefficient (Wildman–Crippen LogP) is 4.54. The molecule has 63 heavy (non-hydrogen) atoms. The molecule has 16 heteroatoms. The molecule has 0 bridgehead atoms. The van der Waals surface area contributed by atoms with Crippen molar-refractivity contribution in [1.82, 2.24) is 9.21 Å². The second-order valence-corrected chi connectivity index (χ2v) is 20.3. The Bertz CT molecular complexity index is 2220. The number of cyclic esters (lactones) is 1. The SMILES string of the molecule is CC[C@H]1OC(=O)[C@@H]2C([C@@H](C)CN(C)[C@H](C)[C@@H](O)[C@]1(C)O)[C@@](C)(O)[C@H](O[C@@H]1O[C@H](C)C[C@H](N(C)S(=O)(=O)c3ccc4ccccc4c3)[C@H]1OC(=O)c1ccccc1)[C@@H](C)[C@@H]2OC(C)=O. The monoisotopic (exact) mass is 896 g/mol. The van der Waals surface area contributed by atoms with Crippen molar-refractivity contribution in [3.05, 3.63) is 78.4 Å². The lowest BCUT2D eigenvalue weighted by Gasteiger charge is -2.55. The molecule has 3 aromatic rings. The van der Waals surface area contributed by atoms with E-state index >= 15 is 0 Å². The fourth-order valence-corrected chi connectivity index (χ4v) is 11.7. The molecule has 0 spiro atoms. The first-order valence-electron chi connectivity index (χ1n) is 21.8. The molecule has 6 rings (SSSR count). The van der Waals surface area contributed by atoms with Gasteiger partial charge in [-0.05, 0) is 88.5 Å². The lowest BCUT2D eigenvalue weighted by molar-refractivity contribution is -0.317. The van der Waals surface area contributed by atoms with E-state index in [1.807, 2.05) is 36.1 Å². The van der Waals surface area contributed by atoms with Gasteiger partial charge in [0.05, 0.1) is 34.3 Å². The minimum atomic E-state index is -4.24. The van der Waals surface area contributed by atoms with Crippen LogP contribution in [0.15, 0.2) is 77.7 Å². The number of ether oxygens (including phenoxy) is 5. The number of sulfonamides is 1. The molecule has 346 valence electrons. The van der Waals surface area contributed by atoms with E-state index < -0.39 is 118 Å². The molecule has 2 aliphatic heterocycles. The van der Waals surface area contributed by atoms with Crippen LogP contribution in [0.25, 0.3) is 10.8 Å². The number of rotatable bonds is 9. The van der Waals surface area contributed by atoms with Gasteiger partial charge in [0.2, 0.25) is 10.0 Å². The number of aliphatic hydroxyl groups excluding tert-OH is 1. The number of esters is 3. The highest BCUT2D eigenvalue weighted by Gasteiger charge is 2.63. The normalized spacial score (nSPS) is 37.0. The van der Waals surface area contributed by atoms with Crippen LogP contribution in [-0.2, 0) is 43.3 Å². The van der Waals surface area contributed by atoms with Crippen LogP contribution in [0.1, 0.15) is 78.6 Å². The predicted molar refractivity (Wildman–Crippen MR) is 233 cm³/mol. The third-order valence-electron chi connectivity index (χ3n) is 13.8. The molecular weight excluding hydrogens is 833 g/mol. The van der Waals surface area contributed by atoms with Gasteiger partial charge in [-0.15, -0.1) is 0 Å². The zero-order valence-corrected chi connectivity index (χ0v) is 38.6. The van der Waals surface area contributed by atoms with Crippen molar-refractivity contribution in [2.24, 2.45) is 23.7 Å². The van der Waals surface area contributed by atoms with Gasteiger partial charge in [-0.25, -0.2) is 13.2 Å². The summed E-state index contributed by atoms with van der Waals surface area (Å²) in [5.41, 5.74) is -3.61. The van der Waals surface area contributed by atoms with Gasteiger partial charge in [-0.1, -0.05) is 69.3 Å². The molecule has 1 unspecified atom stereocenters. The molecule has 1 saturated carbocycles. The summed E-state index contributed by atoms with van der Waals surface area (Å²) in [6.07, 6.45) is -8.38. The van der Waals surface area contributed by atoms with Gasteiger partial charge in [0.1, 0.15) is 29.8 Å². The molecule has 2 saturated heterocycles. The number of nitrogens with zero attached hydrogens (tertiary/aromatic N) is 2. The van der Waals surface area contributed by atoms with E-state index in [2.05, 4.69) is 0 Å². The van der Waals surface area contributed by atoms with E-state index in [1.165, 1.54) is 38.2 Å². The van der Waals surface area contributed by atoms with Crippen LogP contribution in [0.3, 0.4) is 0 Å². The Hall–Kier alpha value is -4.00. The van der Waals surface area contributed by atoms with Gasteiger partial charge < -0.3 is 43.9 Å². The minimum Gasteiger partial charge on any atom is -0.461 e. The number of carbonyl (C=O) groups is 3. The summed E-state index contributed by atoms with van der Waals surface area (Å²) in [5, 5.41) is 37.7. The van der Waals surface area contributed by atoms with Gasteiger partial charge in [-0.2, -0.15) is 4.31 Å². The molecule has 3 aliphatic rings. The lowest BCUT2D eigenvalue weighted by Crippen LogP contribution is -2.68. The fourth-order valence-electron chi connectivity index (χ4n) is 10.3. The smallest absolute Gasteiger partial charge is 0.338 e. The molecule has 15 nitrogen and oxygen atoms in total. The maximum Gasteiger partial charge on any atom is 0.338 e. The second kappa shape index (κ2) is 18.8. The molecule has 1 aliphatic carbocycles. The van der Waals surface area contributed by atoms with Crippen molar-refractivity contribution in [2.75, 3.05) is 20.6 Å². The van der Waals surface area contributed by atoms with E-state index in [4.69, 9.17) is 23.7 Å². The van der Waals surface area contributed by atoms with Crippen LogP contribution in [0.4, 0.5) is 0 Å². The molecule has 15 atom stereocenters. The lowest BCUT2D eigenvalue weighted by atomic mass is 9.58. The van der Waals surface area contributed by atoms with Crippen LogP contribution in [0.5, 0.6) is 0 Å². The number of hydrogen-bond donors (Lipinski definition) is 3. The number of benzene rings is 3. The Labute approximate surface area is 370 Å². The third-order valence-corrected chi connectivity index (χ3v) is 15.6. The number of fused-ring (bicyclic) bond motifs is 2. The maximum absolute atomic E-state index is 14.6. The van der Waals surface area contributed by atoms with Crippen LogP contribution in [0, 0.1) is 23.7 Å². The van der Waals surface area contributed by atoms with Crippen molar-refractivity contribution in [1.29, 1.82) is 0 Å². The Kier molecular flexibility index (Phi) is 14.5. The van der Waals surface area contributed by atoms with E-state index in [0.717, 1.165) is 10.8 Å². The van der Waals surface area contributed by atoms with Gasteiger partial charge in [0, 0.05) is 38.4 Å². The van der Waals surface area contributed by atoms with Gasteiger partial charge in [0.15, 0.2) is 12.4 Å². The summed E-state index contributed by atoms with van der Waals surface area (Å²) in [6.45, 7) is 13.0. The topological polar surface area (TPSA) is 199 Å². The molecule has 3 N–H and O–H groups in total. The van der Waals surface area contributed by atoms with Crippen LogP contribution in [0.2, 0.25) is 0 Å². The fraction of sp³-hybridized carbons (Fsp3) is 0.596. The van der Waals surface area contributed by atoms with E-state index in [1.54, 1.807) is 77.2 Å². The summed E-state index contributed by atoms with van der Waals surface area (Å²) in [5.74, 6) is -6.16. The van der Waals surface area contributed by atoms with Crippen molar-refractivity contribution < 1.29 is 61.8 Å². The summed E-state index contributed by atoms with van der Waals surface area (Å²) in [4.78, 5) is 43.3. The summed E-state index contributed by atoms with van der Waals surface area (Å²) >= 11 is 0. The Balaban J connectivity index is 1.44. The molecule has 0 radical (unpaired) electrons. The largest absolute Gasteiger partial charge is 0.461 e. The number of likely N-dealkylation sites (N-methyl/N-ethyl adjacent to an activating group) is 2. The number of hydrogen-bond acceptors (Lipinski definition) is 14. The quantitative estimate of drug-likeness (QED) is 0.200. The van der Waals surface area contributed by atoms with Crippen molar-refractivity contribution in [3.8, 4) is 0 Å². The molecule has 3 aromatic carbocycles. The van der Waals surface area contributed by atoms with Crippen LogP contribution in [-0.4, -0.2) is 138 Å². The van der Waals surface area contributed by atoms with E-state index in [-0.39, 0.29) is 29.8 Å². The Morgan fingerprint density at radius 2 is 1.56 bits per heavy atom. The zero-order valence-electron chi connectivity index (χ0n) is 37.8. The molecular formula is C47H64N2O13S. The zero-order chi connectivity index (χ0) is 46.3. The summed E-state index contributed by atoms with van der Waals surface area (Å²) in [7, 11) is -1.06. The maximum atomic E-state index is 14.6. The van der Waals surface area contributed by atoms with Crippen molar-refractivity contribution >= 4 is 38.7 Å². The van der Waals surface area contributed by atoms with Crippen molar-refractivity contribution in [3.63, 3.8) is 0 Å². The summed E-state index contributed by atoms with van der Waals surface area (Å²) in [6, 6.07) is 18.7. The number of carbonyl (C=O) groups excluding carboxylic acids is 3.